The number of nitrogens with one attached hydrogen (secondary N) is 2. The van der Waals surface area contributed by atoms with Crippen LogP contribution in [0.3, 0.4) is 0 Å². The van der Waals surface area contributed by atoms with Gasteiger partial charge in [0.05, 0.1) is 13.2 Å². The number of aliphatic hydroxyl groups excluding tert-OH is 1. The van der Waals surface area contributed by atoms with Gasteiger partial charge >= 0.3 is 6.03 Å². The molecule has 0 aliphatic rings. The van der Waals surface area contributed by atoms with E-state index in [0.717, 1.165) is 23.3 Å². The maximum atomic E-state index is 11.6. The number of para-hydroxylation sites is 1. The number of hydrogen-bond acceptors (Lipinski definition) is 3. The maximum absolute atomic E-state index is 11.6. The summed E-state index contributed by atoms with van der Waals surface area (Å²) in [4.78, 5) is 11.6. The Hall–Kier alpha value is -2.53. The second-order valence-electron chi connectivity index (χ2n) is 5.07. The first kappa shape index (κ1) is 16.8. The lowest BCUT2D eigenvalue weighted by molar-refractivity contribution is 0.236. The van der Waals surface area contributed by atoms with Crippen LogP contribution in [0.4, 0.5) is 4.79 Å². The lowest BCUT2D eigenvalue weighted by atomic mass is 10.1. The molecule has 0 aliphatic carbocycles. The van der Waals surface area contributed by atoms with Crippen molar-refractivity contribution in [2.75, 3.05) is 19.7 Å². The van der Waals surface area contributed by atoms with E-state index in [4.69, 9.17) is 9.84 Å². The van der Waals surface area contributed by atoms with Gasteiger partial charge in [-0.1, -0.05) is 42.5 Å². The zero-order chi connectivity index (χ0) is 16.3. The average Bonchev–Trinajstić information content (AvgIpc) is 2.60. The Morgan fingerprint density at radius 3 is 2.26 bits per heavy atom. The molecule has 2 amide bonds. The van der Waals surface area contributed by atoms with Crippen molar-refractivity contribution in [3.63, 3.8) is 0 Å². The molecule has 0 atom stereocenters. The average molecular weight is 314 g/mol. The number of amides is 2. The molecule has 5 nitrogen and oxygen atoms in total. The molecule has 0 saturated carbocycles. The first-order chi connectivity index (χ1) is 11.3. The molecule has 0 radical (unpaired) electrons. The van der Waals surface area contributed by atoms with Gasteiger partial charge in [-0.15, -0.1) is 0 Å². The Labute approximate surface area is 136 Å². The molecule has 0 heterocycles. The van der Waals surface area contributed by atoms with E-state index in [1.807, 2.05) is 54.6 Å². The fourth-order valence-corrected chi connectivity index (χ4v) is 2.04. The van der Waals surface area contributed by atoms with E-state index >= 15 is 0 Å². The SMILES string of the molecule is O=C(NCCOc1ccccc1)NCCc1ccc(CO)cc1. The van der Waals surface area contributed by atoms with Crippen molar-refractivity contribution < 1.29 is 14.6 Å². The van der Waals surface area contributed by atoms with Gasteiger partial charge in [0.2, 0.25) is 0 Å². The Balaban J connectivity index is 1.56. The van der Waals surface area contributed by atoms with E-state index in [0.29, 0.717) is 19.7 Å². The van der Waals surface area contributed by atoms with Crippen LogP contribution in [0.5, 0.6) is 5.75 Å². The van der Waals surface area contributed by atoms with E-state index in [2.05, 4.69) is 10.6 Å². The molecular formula is C18H22N2O3. The third-order valence-corrected chi connectivity index (χ3v) is 3.30. The zero-order valence-corrected chi connectivity index (χ0v) is 13.0. The molecule has 2 rings (SSSR count). The van der Waals surface area contributed by atoms with Crippen molar-refractivity contribution in [1.82, 2.24) is 10.6 Å². The van der Waals surface area contributed by atoms with Crippen LogP contribution in [0.1, 0.15) is 11.1 Å². The first-order valence-corrected chi connectivity index (χ1v) is 7.66. The number of carbonyl (C=O) groups is 1. The van der Waals surface area contributed by atoms with Gasteiger partial charge in [0.1, 0.15) is 12.4 Å². The van der Waals surface area contributed by atoms with E-state index < -0.39 is 0 Å². The summed E-state index contributed by atoms with van der Waals surface area (Å²) < 4.78 is 5.49. The second-order valence-corrected chi connectivity index (χ2v) is 5.07. The highest BCUT2D eigenvalue weighted by atomic mass is 16.5. The Bertz CT molecular complexity index is 585. The van der Waals surface area contributed by atoms with E-state index in [1.165, 1.54) is 0 Å². The number of ether oxygens (including phenoxy) is 1. The molecular weight excluding hydrogens is 292 g/mol. The van der Waals surface area contributed by atoms with Crippen molar-refractivity contribution in [2.45, 2.75) is 13.0 Å². The fourth-order valence-electron chi connectivity index (χ4n) is 2.04. The largest absolute Gasteiger partial charge is 0.492 e. The minimum atomic E-state index is -0.200. The van der Waals surface area contributed by atoms with Crippen LogP contribution in [0.2, 0.25) is 0 Å². The number of hydrogen-bond donors (Lipinski definition) is 3. The molecule has 5 heteroatoms. The standard InChI is InChI=1S/C18H22N2O3/c21-14-16-8-6-15(7-9-16)10-11-19-18(22)20-12-13-23-17-4-2-1-3-5-17/h1-9,21H,10-14H2,(H2,19,20,22). The molecule has 122 valence electrons. The highest BCUT2D eigenvalue weighted by molar-refractivity contribution is 5.73. The first-order valence-electron chi connectivity index (χ1n) is 7.66. The number of aliphatic hydroxyl groups is 1. The van der Waals surface area contributed by atoms with Crippen LogP contribution in [0.15, 0.2) is 54.6 Å². The van der Waals surface area contributed by atoms with Gasteiger partial charge in [-0.25, -0.2) is 4.79 Å². The molecule has 0 bridgehead atoms. The maximum Gasteiger partial charge on any atom is 0.314 e. The summed E-state index contributed by atoms with van der Waals surface area (Å²) in [6.45, 7) is 1.49. The molecule has 23 heavy (non-hydrogen) atoms. The molecule has 0 aromatic heterocycles. The molecule has 2 aromatic carbocycles. The van der Waals surface area contributed by atoms with Crippen molar-refractivity contribution >= 4 is 6.03 Å². The van der Waals surface area contributed by atoms with E-state index in [1.54, 1.807) is 0 Å². The van der Waals surface area contributed by atoms with Crippen molar-refractivity contribution in [3.05, 3.63) is 65.7 Å². The highest BCUT2D eigenvalue weighted by Gasteiger charge is 2.00. The summed E-state index contributed by atoms with van der Waals surface area (Å²) in [5, 5.41) is 14.5. The summed E-state index contributed by atoms with van der Waals surface area (Å²) >= 11 is 0. The number of urea groups is 1. The van der Waals surface area contributed by atoms with Crippen LogP contribution in [-0.2, 0) is 13.0 Å². The molecule has 0 saturated heterocycles. The van der Waals surface area contributed by atoms with Crippen LogP contribution in [-0.4, -0.2) is 30.8 Å². The summed E-state index contributed by atoms with van der Waals surface area (Å²) in [5.41, 5.74) is 2.01. The smallest absolute Gasteiger partial charge is 0.314 e. The zero-order valence-electron chi connectivity index (χ0n) is 13.0. The number of rotatable bonds is 8. The fraction of sp³-hybridized carbons (Fsp3) is 0.278. The minimum absolute atomic E-state index is 0.0476. The third kappa shape index (κ3) is 6.40. The summed E-state index contributed by atoms with van der Waals surface area (Å²) in [6.07, 6.45) is 0.750. The Kier molecular flexibility index (Phi) is 6.94. The quantitative estimate of drug-likeness (QED) is 0.654. The second kappa shape index (κ2) is 9.48. The number of carbonyl (C=O) groups excluding carboxylic acids is 1. The summed E-state index contributed by atoms with van der Waals surface area (Å²) in [7, 11) is 0. The van der Waals surface area contributed by atoms with Crippen LogP contribution in [0.25, 0.3) is 0 Å². The summed E-state index contributed by atoms with van der Waals surface area (Å²) in [5.74, 6) is 0.793. The predicted octanol–water partition coefficient (Wildman–Crippen LogP) is 2.10. The van der Waals surface area contributed by atoms with Crippen molar-refractivity contribution in [2.24, 2.45) is 0 Å². The van der Waals surface area contributed by atoms with Gasteiger partial charge in [0, 0.05) is 6.54 Å². The van der Waals surface area contributed by atoms with Gasteiger partial charge < -0.3 is 20.5 Å². The lowest BCUT2D eigenvalue weighted by Crippen LogP contribution is -2.38. The van der Waals surface area contributed by atoms with Gasteiger partial charge in [0.25, 0.3) is 0 Å². The predicted molar refractivity (Wildman–Crippen MR) is 89.4 cm³/mol. The monoisotopic (exact) mass is 314 g/mol. The van der Waals surface area contributed by atoms with Gasteiger partial charge in [-0.3, -0.25) is 0 Å². The number of benzene rings is 2. The highest BCUT2D eigenvalue weighted by Crippen LogP contribution is 2.07. The van der Waals surface area contributed by atoms with Crippen molar-refractivity contribution in [3.8, 4) is 5.75 Å². The molecule has 0 spiro atoms. The lowest BCUT2D eigenvalue weighted by Gasteiger charge is -2.09. The van der Waals surface area contributed by atoms with Crippen LogP contribution in [0, 0.1) is 0 Å². The normalized spacial score (nSPS) is 10.1. The van der Waals surface area contributed by atoms with E-state index in [9.17, 15) is 4.79 Å². The molecule has 0 fully saturated rings. The van der Waals surface area contributed by atoms with Gasteiger partial charge in [0.15, 0.2) is 0 Å². The van der Waals surface area contributed by atoms with Crippen LogP contribution >= 0.6 is 0 Å². The third-order valence-electron chi connectivity index (χ3n) is 3.30. The van der Waals surface area contributed by atoms with Crippen LogP contribution < -0.4 is 15.4 Å². The molecule has 0 aliphatic heterocycles. The summed E-state index contributed by atoms with van der Waals surface area (Å²) in [6, 6.07) is 17.0. The van der Waals surface area contributed by atoms with Gasteiger partial charge in [-0.2, -0.15) is 0 Å². The Morgan fingerprint density at radius 1 is 0.913 bits per heavy atom. The molecule has 2 aromatic rings. The van der Waals surface area contributed by atoms with E-state index in [-0.39, 0.29) is 12.6 Å². The Morgan fingerprint density at radius 2 is 1.57 bits per heavy atom. The van der Waals surface area contributed by atoms with Gasteiger partial charge in [-0.05, 0) is 29.7 Å². The van der Waals surface area contributed by atoms with Crippen molar-refractivity contribution in [1.29, 1.82) is 0 Å². The topological polar surface area (TPSA) is 70.6 Å². The molecule has 0 unspecified atom stereocenters. The molecule has 3 N–H and O–H groups in total. The minimum Gasteiger partial charge on any atom is -0.492 e.